The van der Waals surface area contributed by atoms with Gasteiger partial charge in [0.25, 0.3) is 5.56 Å². The van der Waals surface area contributed by atoms with Crippen molar-refractivity contribution in [2.24, 2.45) is 4.99 Å². The summed E-state index contributed by atoms with van der Waals surface area (Å²) in [6, 6.07) is 13.6. The van der Waals surface area contributed by atoms with Gasteiger partial charge in [0.1, 0.15) is 0 Å². The summed E-state index contributed by atoms with van der Waals surface area (Å²) in [5.41, 5.74) is 1.90. The third-order valence-electron chi connectivity index (χ3n) is 5.37. The van der Waals surface area contributed by atoms with E-state index in [1.165, 1.54) is 29.9 Å². The van der Waals surface area contributed by atoms with E-state index in [0.29, 0.717) is 26.3 Å². The number of fused-ring (bicyclic) bond motifs is 1. The van der Waals surface area contributed by atoms with Gasteiger partial charge in [-0.25, -0.2) is 9.79 Å². The lowest BCUT2D eigenvalue weighted by molar-refractivity contribution is -0.139. The molecule has 1 atom stereocenters. The standard InChI is InChI=1S/C26H24N2O6S/c1-5-33-25(31)22-15(2)27-26-28(24(30)21(35-26)13-17-9-7-6-8-10-17)23(22)18-11-12-19(34-16(3)29)20(14-18)32-4/h6-14,23H,5H2,1-4H3/b21-13+/t23-/m0/s1. The first-order valence-electron chi connectivity index (χ1n) is 10.9. The van der Waals surface area contributed by atoms with Crippen LogP contribution in [-0.2, 0) is 14.3 Å². The van der Waals surface area contributed by atoms with Crippen molar-refractivity contribution in [1.29, 1.82) is 0 Å². The maximum atomic E-state index is 13.6. The number of thiazole rings is 1. The number of benzene rings is 2. The maximum Gasteiger partial charge on any atom is 0.338 e. The van der Waals surface area contributed by atoms with Gasteiger partial charge in [0.15, 0.2) is 16.3 Å². The van der Waals surface area contributed by atoms with Gasteiger partial charge >= 0.3 is 11.9 Å². The molecule has 1 aromatic heterocycles. The molecule has 8 nitrogen and oxygen atoms in total. The van der Waals surface area contributed by atoms with Crippen molar-refractivity contribution in [3.63, 3.8) is 0 Å². The zero-order chi connectivity index (χ0) is 25.1. The minimum absolute atomic E-state index is 0.176. The Hall–Kier alpha value is -3.98. The molecule has 35 heavy (non-hydrogen) atoms. The molecule has 0 amide bonds. The van der Waals surface area contributed by atoms with E-state index in [1.807, 2.05) is 30.3 Å². The van der Waals surface area contributed by atoms with Crippen LogP contribution in [0.2, 0.25) is 0 Å². The van der Waals surface area contributed by atoms with E-state index in [-0.39, 0.29) is 23.5 Å². The van der Waals surface area contributed by atoms with Crippen molar-refractivity contribution in [2.45, 2.75) is 26.8 Å². The monoisotopic (exact) mass is 492 g/mol. The highest BCUT2D eigenvalue weighted by Gasteiger charge is 2.34. The molecule has 0 unspecified atom stereocenters. The summed E-state index contributed by atoms with van der Waals surface area (Å²) in [6.45, 7) is 4.91. The van der Waals surface area contributed by atoms with Gasteiger partial charge < -0.3 is 14.2 Å². The number of carbonyl (C=O) groups is 2. The Kier molecular flexibility index (Phi) is 6.97. The molecule has 0 saturated heterocycles. The van der Waals surface area contributed by atoms with Crippen LogP contribution in [0.15, 0.2) is 69.6 Å². The Balaban J connectivity index is 1.95. The second kappa shape index (κ2) is 10.1. The number of hydrogen-bond acceptors (Lipinski definition) is 8. The van der Waals surface area contributed by atoms with Gasteiger partial charge in [-0.2, -0.15) is 0 Å². The van der Waals surface area contributed by atoms with E-state index in [1.54, 1.807) is 38.1 Å². The van der Waals surface area contributed by atoms with Gasteiger partial charge in [0.2, 0.25) is 0 Å². The van der Waals surface area contributed by atoms with Crippen molar-refractivity contribution in [3.05, 3.63) is 90.6 Å². The van der Waals surface area contributed by atoms with Gasteiger partial charge in [-0.15, -0.1) is 0 Å². The molecule has 2 aromatic carbocycles. The van der Waals surface area contributed by atoms with Gasteiger partial charge in [0.05, 0.1) is 35.6 Å². The van der Waals surface area contributed by atoms with Crippen LogP contribution in [0.3, 0.4) is 0 Å². The Morgan fingerprint density at radius 3 is 2.54 bits per heavy atom. The van der Waals surface area contributed by atoms with E-state index in [2.05, 4.69) is 4.99 Å². The SMILES string of the molecule is CCOC(=O)C1=C(C)N=c2s/c(=C/c3ccccc3)c(=O)n2[C@H]1c1ccc(OC(C)=O)c(OC)c1. The van der Waals surface area contributed by atoms with Crippen LogP contribution in [0.5, 0.6) is 11.5 Å². The lowest BCUT2D eigenvalue weighted by Crippen LogP contribution is -2.40. The van der Waals surface area contributed by atoms with E-state index < -0.39 is 18.0 Å². The van der Waals surface area contributed by atoms with Gasteiger partial charge in [-0.1, -0.05) is 47.7 Å². The smallest absolute Gasteiger partial charge is 0.338 e. The minimum atomic E-state index is -0.802. The molecule has 0 radical (unpaired) electrons. The molecular formula is C26H24N2O6S. The van der Waals surface area contributed by atoms with Crippen LogP contribution < -0.4 is 24.4 Å². The molecule has 0 fully saturated rings. The van der Waals surface area contributed by atoms with Crippen molar-refractivity contribution in [3.8, 4) is 11.5 Å². The molecule has 9 heteroatoms. The Morgan fingerprint density at radius 2 is 1.89 bits per heavy atom. The van der Waals surface area contributed by atoms with Crippen LogP contribution in [0.1, 0.15) is 37.9 Å². The van der Waals surface area contributed by atoms with Crippen molar-refractivity contribution in [2.75, 3.05) is 13.7 Å². The van der Waals surface area contributed by atoms with E-state index in [4.69, 9.17) is 14.2 Å². The number of methoxy groups -OCH3 is 1. The lowest BCUT2D eigenvalue weighted by atomic mass is 9.95. The molecule has 180 valence electrons. The predicted octanol–water partition coefficient (Wildman–Crippen LogP) is 2.73. The highest BCUT2D eigenvalue weighted by atomic mass is 32.1. The Bertz CT molecular complexity index is 1500. The second-order valence-electron chi connectivity index (χ2n) is 7.72. The summed E-state index contributed by atoms with van der Waals surface area (Å²) in [7, 11) is 1.45. The van der Waals surface area contributed by atoms with Gasteiger partial charge in [-0.05, 0) is 43.2 Å². The predicted molar refractivity (Wildman–Crippen MR) is 131 cm³/mol. The van der Waals surface area contributed by atoms with Crippen molar-refractivity contribution < 1.29 is 23.8 Å². The topological polar surface area (TPSA) is 96.2 Å². The lowest BCUT2D eigenvalue weighted by Gasteiger charge is -2.25. The maximum absolute atomic E-state index is 13.6. The first-order valence-corrected chi connectivity index (χ1v) is 11.8. The molecule has 1 aliphatic heterocycles. The normalized spacial score (nSPS) is 15.3. The number of nitrogens with zero attached hydrogens (tertiary/aromatic N) is 2. The van der Waals surface area contributed by atoms with Crippen LogP contribution in [0.4, 0.5) is 0 Å². The van der Waals surface area contributed by atoms with E-state index >= 15 is 0 Å². The van der Waals surface area contributed by atoms with Crippen molar-refractivity contribution in [1.82, 2.24) is 4.57 Å². The first-order chi connectivity index (χ1) is 16.8. The zero-order valence-electron chi connectivity index (χ0n) is 19.7. The summed E-state index contributed by atoms with van der Waals surface area (Å²) < 4.78 is 17.9. The van der Waals surface area contributed by atoms with Gasteiger partial charge in [-0.3, -0.25) is 14.2 Å². The summed E-state index contributed by atoms with van der Waals surface area (Å²) in [4.78, 5) is 43.1. The average molecular weight is 493 g/mol. The number of esters is 2. The van der Waals surface area contributed by atoms with E-state index in [9.17, 15) is 14.4 Å². The molecule has 0 spiro atoms. The van der Waals surface area contributed by atoms with Gasteiger partial charge in [0, 0.05) is 6.92 Å². The highest BCUT2D eigenvalue weighted by molar-refractivity contribution is 7.07. The highest BCUT2D eigenvalue weighted by Crippen LogP contribution is 2.36. The number of aromatic nitrogens is 1. The Morgan fingerprint density at radius 1 is 1.14 bits per heavy atom. The third kappa shape index (κ3) is 4.81. The minimum Gasteiger partial charge on any atom is -0.493 e. The fourth-order valence-electron chi connectivity index (χ4n) is 3.90. The first kappa shape index (κ1) is 24.2. The molecule has 0 N–H and O–H groups in total. The van der Waals surface area contributed by atoms with Crippen LogP contribution in [0, 0.1) is 0 Å². The quantitative estimate of drug-likeness (QED) is 0.388. The second-order valence-corrected chi connectivity index (χ2v) is 8.73. The molecule has 0 bridgehead atoms. The average Bonchev–Trinajstić information content (AvgIpc) is 3.13. The number of ether oxygens (including phenoxy) is 3. The van der Waals surface area contributed by atoms with Crippen LogP contribution >= 0.6 is 11.3 Å². The summed E-state index contributed by atoms with van der Waals surface area (Å²) in [6.07, 6.45) is 1.80. The Labute approximate surface area is 205 Å². The molecule has 0 aliphatic carbocycles. The third-order valence-corrected chi connectivity index (χ3v) is 6.35. The summed E-state index contributed by atoms with van der Waals surface area (Å²) in [5, 5.41) is 0. The number of allylic oxidation sites excluding steroid dienone is 1. The van der Waals surface area contributed by atoms with Crippen LogP contribution in [-0.4, -0.2) is 30.2 Å². The number of hydrogen-bond donors (Lipinski definition) is 0. The zero-order valence-corrected chi connectivity index (χ0v) is 20.5. The molecule has 4 rings (SSSR count). The largest absolute Gasteiger partial charge is 0.493 e. The van der Waals surface area contributed by atoms with Crippen LogP contribution in [0.25, 0.3) is 6.08 Å². The molecular weight excluding hydrogens is 468 g/mol. The summed E-state index contributed by atoms with van der Waals surface area (Å²) in [5.74, 6) is -0.521. The molecule has 3 aromatic rings. The molecule has 2 heterocycles. The number of rotatable bonds is 6. The fraction of sp³-hybridized carbons (Fsp3) is 0.231. The number of carbonyl (C=O) groups excluding carboxylic acids is 2. The summed E-state index contributed by atoms with van der Waals surface area (Å²) >= 11 is 1.25. The van der Waals surface area contributed by atoms with E-state index in [0.717, 1.165) is 5.56 Å². The fourth-order valence-corrected chi connectivity index (χ4v) is 4.95. The molecule has 0 saturated carbocycles. The molecule has 1 aliphatic rings. The van der Waals surface area contributed by atoms with Crippen molar-refractivity contribution >= 4 is 29.4 Å².